The molecule has 2 heterocycles. The number of benzene rings is 1. The molecule has 0 aliphatic rings. The fourth-order valence-corrected chi connectivity index (χ4v) is 3.28. The zero-order chi connectivity index (χ0) is 16.4. The second-order valence-electron chi connectivity index (χ2n) is 4.85. The number of ether oxygens (including phenoxy) is 1. The predicted molar refractivity (Wildman–Crippen MR) is 87.2 cm³/mol. The summed E-state index contributed by atoms with van der Waals surface area (Å²) >= 11 is 5.91. The van der Waals surface area contributed by atoms with Crippen molar-refractivity contribution in [1.29, 1.82) is 0 Å². The minimum Gasteiger partial charge on any atom is -0.497 e. The number of nitrogens with one attached hydrogen (secondary N) is 1. The van der Waals surface area contributed by atoms with Crippen LogP contribution in [0, 0.1) is 0 Å². The highest BCUT2D eigenvalue weighted by molar-refractivity contribution is 7.89. The fourth-order valence-electron chi connectivity index (χ4n) is 2.11. The first kappa shape index (κ1) is 15.8. The number of fused-ring (bicyclic) bond motifs is 1. The molecule has 0 saturated heterocycles. The highest BCUT2D eigenvalue weighted by atomic mass is 35.5. The SMILES string of the molecule is COc1ccc(S(=O)(=O)NCc2cn3cc(Cl)ccc3n2)cc1. The minimum atomic E-state index is -3.61. The van der Waals surface area contributed by atoms with Gasteiger partial charge in [0.2, 0.25) is 10.0 Å². The van der Waals surface area contributed by atoms with Gasteiger partial charge in [-0.05, 0) is 36.4 Å². The summed E-state index contributed by atoms with van der Waals surface area (Å²) in [6.45, 7) is 0.0909. The Labute approximate surface area is 138 Å². The van der Waals surface area contributed by atoms with Crippen LogP contribution in [0.4, 0.5) is 0 Å². The quantitative estimate of drug-likeness (QED) is 0.766. The normalized spacial score (nSPS) is 11.7. The van der Waals surface area contributed by atoms with E-state index >= 15 is 0 Å². The van der Waals surface area contributed by atoms with Crippen LogP contribution in [-0.2, 0) is 16.6 Å². The summed E-state index contributed by atoms with van der Waals surface area (Å²) in [5.41, 5.74) is 1.30. The summed E-state index contributed by atoms with van der Waals surface area (Å²) in [5, 5.41) is 0.584. The van der Waals surface area contributed by atoms with E-state index in [0.717, 1.165) is 0 Å². The zero-order valence-corrected chi connectivity index (χ0v) is 13.8. The van der Waals surface area contributed by atoms with E-state index in [2.05, 4.69) is 9.71 Å². The molecule has 0 fully saturated rings. The first-order valence-electron chi connectivity index (χ1n) is 6.75. The highest BCUT2D eigenvalue weighted by Crippen LogP contribution is 2.16. The number of hydrogen-bond donors (Lipinski definition) is 1. The minimum absolute atomic E-state index is 0.0909. The Balaban J connectivity index is 1.77. The maximum absolute atomic E-state index is 12.3. The van der Waals surface area contributed by atoms with Gasteiger partial charge < -0.3 is 9.14 Å². The van der Waals surface area contributed by atoms with Gasteiger partial charge in [-0.2, -0.15) is 0 Å². The Hall–Kier alpha value is -2.09. The second kappa shape index (κ2) is 6.19. The molecular weight excluding hydrogens is 338 g/mol. The predicted octanol–water partition coefficient (Wildman–Crippen LogP) is 2.47. The number of aromatic nitrogens is 2. The lowest BCUT2D eigenvalue weighted by atomic mass is 10.3. The molecule has 23 heavy (non-hydrogen) atoms. The third-order valence-corrected chi connectivity index (χ3v) is 4.92. The molecular formula is C15H14ClN3O3S. The van der Waals surface area contributed by atoms with Crippen molar-refractivity contribution in [3.8, 4) is 5.75 Å². The number of sulfonamides is 1. The number of pyridine rings is 1. The third-order valence-electron chi connectivity index (χ3n) is 3.28. The zero-order valence-electron chi connectivity index (χ0n) is 12.2. The Morgan fingerprint density at radius 1 is 1.17 bits per heavy atom. The van der Waals surface area contributed by atoms with Crippen molar-refractivity contribution in [2.24, 2.45) is 0 Å². The molecule has 1 aromatic carbocycles. The van der Waals surface area contributed by atoms with E-state index in [1.165, 1.54) is 19.2 Å². The van der Waals surface area contributed by atoms with Gasteiger partial charge in [0.1, 0.15) is 11.4 Å². The van der Waals surface area contributed by atoms with Gasteiger partial charge in [-0.25, -0.2) is 18.1 Å². The molecule has 3 rings (SSSR count). The van der Waals surface area contributed by atoms with Gasteiger partial charge in [-0.1, -0.05) is 11.6 Å². The number of nitrogens with zero attached hydrogens (tertiary/aromatic N) is 2. The Morgan fingerprint density at radius 3 is 2.61 bits per heavy atom. The molecule has 120 valence electrons. The van der Waals surface area contributed by atoms with E-state index in [1.54, 1.807) is 41.1 Å². The second-order valence-corrected chi connectivity index (χ2v) is 7.05. The molecule has 6 nitrogen and oxygen atoms in total. The number of imidazole rings is 1. The van der Waals surface area contributed by atoms with E-state index in [1.807, 2.05) is 0 Å². The maximum atomic E-state index is 12.3. The number of rotatable bonds is 5. The van der Waals surface area contributed by atoms with Crippen molar-refractivity contribution in [2.75, 3.05) is 7.11 Å². The molecule has 3 aromatic rings. The summed E-state index contributed by atoms with van der Waals surface area (Å²) in [7, 11) is -2.08. The maximum Gasteiger partial charge on any atom is 0.240 e. The smallest absolute Gasteiger partial charge is 0.240 e. The Kier molecular flexibility index (Phi) is 4.25. The molecule has 2 aromatic heterocycles. The highest BCUT2D eigenvalue weighted by Gasteiger charge is 2.14. The van der Waals surface area contributed by atoms with Crippen molar-refractivity contribution in [3.63, 3.8) is 0 Å². The average molecular weight is 352 g/mol. The van der Waals surface area contributed by atoms with Gasteiger partial charge in [-0.3, -0.25) is 0 Å². The molecule has 0 aliphatic heterocycles. The van der Waals surface area contributed by atoms with Crippen LogP contribution in [0.15, 0.2) is 53.7 Å². The molecule has 0 aliphatic carbocycles. The lowest BCUT2D eigenvalue weighted by molar-refractivity contribution is 0.414. The Bertz CT molecular complexity index is 936. The van der Waals surface area contributed by atoms with Crippen molar-refractivity contribution in [2.45, 2.75) is 11.4 Å². The lowest BCUT2D eigenvalue weighted by Crippen LogP contribution is -2.23. The van der Waals surface area contributed by atoms with Crippen LogP contribution in [0.3, 0.4) is 0 Å². The van der Waals surface area contributed by atoms with E-state index in [4.69, 9.17) is 16.3 Å². The number of methoxy groups -OCH3 is 1. The summed E-state index contributed by atoms with van der Waals surface area (Å²) in [6.07, 6.45) is 3.45. The first-order chi connectivity index (χ1) is 11.0. The van der Waals surface area contributed by atoms with Gasteiger partial charge in [-0.15, -0.1) is 0 Å². The summed E-state index contributed by atoms with van der Waals surface area (Å²) in [6, 6.07) is 9.68. The van der Waals surface area contributed by atoms with E-state index < -0.39 is 10.0 Å². The number of hydrogen-bond acceptors (Lipinski definition) is 4. The summed E-state index contributed by atoms with van der Waals surface area (Å²) < 4.78 is 33.8. The van der Waals surface area contributed by atoms with Crippen LogP contribution >= 0.6 is 11.6 Å². The van der Waals surface area contributed by atoms with Crippen molar-refractivity contribution < 1.29 is 13.2 Å². The van der Waals surface area contributed by atoms with Gasteiger partial charge in [0.05, 0.1) is 29.3 Å². The molecule has 0 spiro atoms. The summed E-state index contributed by atoms with van der Waals surface area (Å²) in [4.78, 5) is 4.51. The largest absolute Gasteiger partial charge is 0.497 e. The van der Waals surface area contributed by atoms with E-state index in [9.17, 15) is 8.42 Å². The van der Waals surface area contributed by atoms with Crippen molar-refractivity contribution in [1.82, 2.24) is 14.1 Å². The molecule has 0 bridgehead atoms. The van der Waals surface area contributed by atoms with Crippen LogP contribution in [0.2, 0.25) is 5.02 Å². The molecule has 0 atom stereocenters. The third kappa shape index (κ3) is 3.47. The van der Waals surface area contributed by atoms with Crippen LogP contribution in [0.25, 0.3) is 5.65 Å². The molecule has 0 amide bonds. The fraction of sp³-hybridized carbons (Fsp3) is 0.133. The first-order valence-corrected chi connectivity index (χ1v) is 8.61. The number of halogens is 1. The van der Waals surface area contributed by atoms with Crippen molar-refractivity contribution in [3.05, 3.63) is 59.5 Å². The van der Waals surface area contributed by atoms with Crippen LogP contribution < -0.4 is 9.46 Å². The van der Waals surface area contributed by atoms with E-state index in [0.29, 0.717) is 22.1 Å². The van der Waals surface area contributed by atoms with E-state index in [-0.39, 0.29) is 11.4 Å². The standard InChI is InChI=1S/C15H14ClN3O3S/c1-22-13-3-5-14(6-4-13)23(20,21)17-8-12-10-19-9-11(16)2-7-15(19)18-12/h2-7,9-10,17H,8H2,1H3. The van der Waals surface area contributed by atoms with Gasteiger partial charge in [0.25, 0.3) is 0 Å². The molecule has 0 unspecified atom stereocenters. The van der Waals surface area contributed by atoms with Gasteiger partial charge in [0.15, 0.2) is 0 Å². The Morgan fingerprint density at radius 2 is 1.91 bits per heavy atom. The monoisotopic (exact) mass is 351 g/mol. The van der Waals surface area contributed by atoms with Crippen molar-refractivity contribution >= 4 is 27.3 Å². The molecule has 1 N–H and O–H groups in total. The lowest BCUT2D eigenvalue weighted by Gasteiger charge is -2.06. The topological polar surface area (TPSA) is 72.7 Å². The summed E-state index contributed by atoms with van der Waals surface area (Å²) in [5.74, 6) is 0.598. The van der Waals surface area contributed by atoms with Gasteiger partial charge in [0, 0.05) is 12.4 Å². The van der Waals surface area contributed by atoms with Crippen LogP contribution in [0.1, 0.15) is 5.69 Å². The average Bonchev–Trinajstić information content (AvgIpc) is 2.95. The van der Waals surface area contributed by atoms with Crippen LogP contribution in [-0.4, -0.2) is 24.9 Å². The van der Waals surface area contributed by atoms with Crippen LogP contribution in [0.5, 0.6) is 5.75 Å². The molecule has 0 saturated carbocycles. The molecule has 0 radical (unpaired) electrons. The van der Waals surface area contributed by atoms with Gasteiger partial charge >= 0.3 is 0 Å². The molecule has 8 heteroatoms.